The van der Waals surface area contributed by atoms with E-state index in [0.29, 0.717) is 42.5 Å². The van der Waals surface area contributed by atoms with Gasteiger partial charge in [-0.1, -0.05) is 6.92 Å². The number of hydrogen-bond donors (Lipinski definition) is 1. The molecular weight excluding hydrogens is 456 g/mol. The van der Waals surface area contributed by atoms with E-state index in [0.717, 1.165) is 29.5 Å². The first-order valence-corrected chi connectivity index (χ1v) is 12.0. The number of pyridine rings is 1. The van der Waals surface area contributed by atoms with Gasteiger partial charge >= 0.3 is 0 Å². The summed E-state index contributed by atoms with van der Waals surface area (Å²) in [7, 11) is 0. The third kappa shape index (κ3) is 4.43. The second kappa shape index (κ2) is 9.62. The van der Waals surface area contributed by atoms with Crippen LogP contribution in [0, 0.1) is 18.3 Å². The van der Waals surface area contributed by atoms with Gasteiger partial charge in [-0.15, -0.1) is 0 Å². The molecule has 1 amide bonds. The van der Waals surface area contributed by atoms with E-state index in [4.69, 9.17) is 10.2 Å². The van der Waals surface area contributed by atoms with Crippen LogP contribution >= 0.6 is 0 Å². The molecule has 10 nitrogen and oxygen atoms in total. The predicted molar refractivity (Wildman–Crippen MR) is 135 cm³/mol. The van der Waals surface area contributed by atoms with Crippen LogP contribution < -0.4 is 10.9 Å². The highest BCUT2D eigenvalue weighted by Gasteiger charge is 2.26. The summed E-state index contributed by atoms with van der Waals surface area (Å²) in [6.45, 7) is 4.93. The standard InChI is InChI=1S/C26H26N8O2/c1-3-23(35)32-11-4-5-20(16-32)34-24(36)13-17(2)21-15-28-26(30-25(21)34)29-22-10-12-33(31-22)19-8-6-18(14-27)7-9-19/h6-10,12-13,15,20H,3-5,11,16H2,1-2H3,(H,28,29,30,31)/t20-/m1/s1. The maximum atomic E-state index is 13.1. The molecule has 1 atom stereocenters. The van der Waals surface area contributed by atoms with Crippen molar-refractivity contribution in [3.05, 3.63) is 70.3 Å². The average Bonchev–Trinajstić information content (AvgIpc) is 3.36. The van der Waals surface area contributed by atoms with Crippen molar-refractivity contribution >= 4 is 28.7 Å². The van der Waals surface area contributed by atoms with E-state index in [-0.39, 0.29) is 17.5 Å². The zero-order chi connectivity index (χ0) is 25.2. The van der Waals surface area contributed by atoms with Crippen molar-refractivity contribution in [1.29, 1.82) is 5.26 Å². The highest BCUT2D eigenvalue weighted by Crippen LogP contribution is 2.26. The number of piperidine rings is 1. The van der Waals surface area contributed by atoms with Crippen molar-refractivity contribution in [3.8, 4) is 11.8 Å². The first kappa shape index (κ1) is 23.2. The van der Waals surface area contributed by atoms with Crippen LogP contribution in [-0.2, 0) is 4.79 Å². The molecule has 182 valence electrons. The van der Waals surface area contributed by atoms with Crippen LogP contribution in [0.3, 0.4) is 0 Å². The fourth-order valence-corrected chi connectivity index (χ4v) is 4.64. The molecule has 0 saturated carbocycles. The van der Waals surface area contributed by atoms with E-state index in [9.17, 15) is 9.59 Å². The van der Waals surface area contributed by atoms with E-state index in [2.05, 4.69) is 21.5 Å². The SMILES string of the molecule is CCC(=O)N1CCC[C@@H](n2c(=O)cc(C)c3cnc(Nc4ccn(-c5ccc(C#N)cc5)n4)nc32)C1. The van der Waals surface area contributed by atoms with E-state index in [1.165, 1.54) is 0 Å². The molecule has 1 saturated heterocycles. The molecule has 0 unspecified atom stereocenters. The molecule has 1 aromatic carbocycles. The zero-order valence-electron chi connectivity index (χ0n) is 20.2. The number of aryl methyl sites for hydroxylation is 1. The summed E-state index contributed by atoms with van der Waals surface area (Å²) in [6, 6.07) is 12.5. The number of carbonyl (C=O) groups excluding carboxylic acids is 1. The quantitative estimate of drug-likeness (QED) is 0.462. The van der Waals surface area contributed by atoms with E-state index < -0.39 is 0 Å². The molecule has 0 radical (unpaired) electrons. The summed E-state index contributed by atoms with van der Waals surface area (Å²) in [5.74, 6) is 0.959. The number of nitrogens with zero attached hydrogens (tertiary/aromatic N) is 7. The summed E-state index contributed by atoms with van der Waals surface area (Å²) in [5.41, 5.74) is 2.61. The van der Waals surface area contributed by atoms with E-state index in [1.807, 2.05) is 30.9 Å². The predicted octanol–water partition coefficient (Wildman–Crippen LogP) is 3.47. The van der Waals surface area contributed by atoms with Gasteiger partial charge in [0, 0.05) is 49.4 Å². The van der Waals surface area contributed by atoms with Crippen LogP contribution in [0.2, 0.25) is 0 Å². The number of nitrogens with one attached hydrogen (secondary N) is 1. The van der Waals surface area contributed by atoms with Gasteiger partial charge in [-0.3, -0.25) is 14.2 Å². The van der Waals surface area contributed by atoms with Crippen LogP contribution in [-0.4, -0.2) is 48.2 Å². The van der Waals surface area contributed by atoms with Gasteiger partial charge in [0.2, 0.25) is 11.9 Å². The Morgan fingerprint density at radius 1 is 1.25 bits per heavy atom. The van der Waals surface area contributed by atoms with Crippen molar-refractivity contribution < 1.29 is 4.79 Å². The smallest absolute Gasteiger partial charge is 0.252 e. The van der Waals surface area contributed by atoms with Gasteiger partial charge in [0.1, 0.15) is 5.65 Å². The highest BCUT2D eigenvalue weighted by molar-refractivity contribution is 5.79. The van der Waals surface area contributed by atoms with Crippen molar-refractivity contribution in [2.45, 2.75) is 39.2 Å². The second-order valence-corrected chi connectivity index (χ2v) is 8.89. The Balaban J connectivity index is 1.47. The number of benzene rings is 1. The molecule has 3 aromatic heterocycles. The Labute approximate surface area is 207 Å². The van der Waals surface area contributed by atoms with Gasteiger partial charge in [-0.2, -0.15) is 15.3 Å². The number of anilines is 2. The largest absolute Gasteiger partial charge is 0.341 e. The summed E-state index contributed by atoms with van der Waals surface area (Å²) in [5, 5.41) is 17.4. The summed E-state index contributed by atoms with van der Waals surface area (Å²) in [4.78, 5) is 36.4. The lowest BCUT2D eigenvalue weighted by atomic mass is 10.0. The first-order chi connectivity index (χ1) is 17.5. The zero-order valence-corrected chi connectivity index (χ0v) is 20.2. The molecule has 1 aliphatic rings. The normalized spacial score (nSPS) is 15.6. The van der Waals surface area contributed by atoms with Gasteiger partial charge in [0.05, 0.1) is 23.4 Å². The van der Waals surface area contributed by atoms with Crippen molar-refractivity contribution in [2.24, 2.45) is 0 Å². The van der Waals surface area contributed by atoms with Gasteiger partial charge in [0.25, 0.3) is 5.56 Å². The Bertz CT molecular complexity index is 1530. The lowest BCUT2D eigenvalue weighted by molar-refractivity contribution is -0.132. The summed E-state index contributed by atoms with van der Waals surface area (Å²) >= 11 is 0. The molecule has 4 aromatic rings. The molecular formula is C26H26N8O2. The molecule has 4 heterocycles. The molecule has 0 spiro atoms. The van der Waals surface area contributed by atoms with Crippen molar-refractivity contribution in [2.75, 3.05) is 18.4 Å². The Morgan fingerprint density at radius 3 is 2.81 bits per heavy atom. The molecule has 0 bridgehead atoms. The number of rotatable bonds is 5. The molecule has 1 fully saturated rings. The van der Waals surface area contributed by atoms with Crippen LogP contribution in [0.5, 0.6) is 0 Å². The first-order valence-electron chi connectivity index (χ1n) is 12.0. The molecule has 1 N–H and O–H groups in total. The molecule has 5 rings (SSSR count). The molecule has 36 heavy (non-hydrogen) atoms. The number of nitriles is 1. The van der Waals surface area contributed by atoms with E-state index in [1.54, 1.807) is 45.9 Å². The minimum absolute atomic E-state index is 0.0963. The molecule has 1 aliphatic heterocycles. The lowest BCUT2D eigenvalue weighted by Gasteiger charge is -2.34. The number of hydrogen-bond acceptors (Lipinski definition) is 7. The average molecular weight is 483 g/mol. The number of fused-ring (bicyclic) bond motifs is 1. The van der Waals surface area contributed by atoms with Gasteiger partial charge < -0.3 is 10.2 Å². The van der Waals surface area contributed by atoms with Gasteiger partial charge in [-0.25, -0.2) is 9.67 Å². The van der Waals surface area contributed by atoms with Crippen molar-refractivity contribution in [3.63, 3.8) is 0 Å². The summed E-state index contributed by atoms with van der Waals surface area (Å²) < 4.78 is 3.39. The minimum Gasteiger partial charge on any atom is -0.341 e. The Morgan fingerprint density at radius 2 is 2.06 bits per heavy atom. The fourth-order valence-electron chi connectivity index (χ4n) is 4.64. The molecule has 10 heteroatoms. The topological polar surface area (TPSA) is 122 Å². The fraction of sp³-hybridized carbons (Fsp3) is 0.308. The second-order valence-electron chi connectivity index (χ2n) is 8.89. The van der Waals surface area contributed by atoms with Crippen LogP contribution in [0.25, 0.3) is 16.7 Å². The number of amides is 1. The Kier molecular flexibility index (Phi) is 6.21. The maximum Gasteiger partial charge on any atom is 0.252 e. The number of likely N-dealkylation sites (tertiary alicyclic amines) is 1. The number of aromatic nitrogens is 5. The lowest BCUT2D eigenvalue weighted by Crippen LogP contribution is -2.42. The Hall–Kier alpha value is -4.52. The van der Waals surface area contributed by atoms with Gasteiger partial charge in [-0.05, 0) is 49.6 Å². The third-order valence-corrected chi connectivity index (χ3v) is 6.51. The van der Waals surface area contributed by atoms with Crippen LogP contribution in [0.15, 0.2) is 53.6 Å². The maximum absolute atomic E-state index is 13.1. The summed E-state index contributed by atoms with van der Waals surface area (Å²) in [6.07, 6.45) is 5.59. The van der Waals surface area contributed by atoms with E-state index >= 15 is 0 Å². The van der Waals surface area contributed by atoms with Gasteiger partial charge in [0.15, 0.2) is 5.82 Å². The number of carbonyl (C=O) groups is 1. The monoisotopic (exact) mass is 482 g/mol. The highest BCUT2D eigenvalue weighted by atomic mass is 16.2. The van der Waals surface area contributed by atoms with Crippen molar-refractivity contribution in [1.82, 2.24) is 29.2 Å². The third-order valence-electron chi connectivity index (χ3n) is 6.51. The van der Waals surface area contributed by atoms with Crippen LogP contribution in [0.4, 0.5) is 11.8 Å². The molecule has 0 aliphatic carbocycles. The minimum atomic E-state index is -0.150. The van der Waals surface area contributed by atoms with Crippen LogP contribution in [0.1, 0.15) is 43.4 Å².